The van der Waals surface area contributed by atoms with Gasteiger partial charge in [-0.2, -0.15) is 0 Å². The zero-order chi connectivity index (χ0) is 25.5. The second kappa shape index (κ2) is 11.3. The molecular weight excluding hydrogens is 461 g/mol. The minimum atomic E-state index is -1.02. The number of nitrogens with one attached hydrogen (secondary N) is 1. The molecule has 0 bridgehead atoms. The van der Waals surface area contributed by atoms with Gasteiger partial charge in [0.25, 0.3) is 5.91 Å². The summed E-state index contributed by atoms with van der Waals surface area (Å²) in [6.07, 6.45) is -0.757. The van der Waals surface area contributed by atoms with Crippen LogP contribution < -0.4 is 10.2 Å². The molecule has 0 aliphatic carbocycles. The van der Waals surface area contributed by atoms with Gasteiger partial charge in [-0.1, -0.05) is 36.4 Å². The van der Waals surface area contributed by atoms with Crippen LogP contribution in [-0.2, 0) is 0 Å². The van der Waals surface area contributed by atoms with Crippen LogP contribution in [0.4, 0.5) is 20.6 Å². The average molecular weight is 488 g/mol. The highest BCUT2D eigenvalue weighted by molar-refractivity contribution is 6.00. The summed E-state index contributed by atoms with van der Waals surface area (Å²) in [6, 6.07) is 21.1. The number of amides is 3. The first-order valence-corrected chi connectivity index (χ1v) is 11.6. The molecule has 1 aliphatic heterocycles. The van der Waals surface area contributed by atoms with Gasteiger partial charge in [-0.05, 0) is 71.8 Å². The third-order valence-corrected chi connectivity index (χ3v) is 5.86. The Bertz CT molecular complexity index is 1260. The molecule has 1 heterocycles. The monoisotopic (exact) mass is 487 g/mol. The Morgan fingerprint density at radius 2 is 1.53 bits per heavy atom. The number of carbonyl (C=O) groups is 2. The molecule has 0 spiro atoms. The van der Waals surface area contributed by atoms with Gasteiger partial charge in [0.05, 0.1) is 11.4 Å². The van der Waals surface area contributed by atoms with E-state index in [-0.39, 0.29) is 5.91 Å². The molecule has 3 amide bonds. The van der Waals surface area contributed by atoms with Crippen LogP contribution >= 0.6 is 0 Å². The van der Waals surface area contributed by atoms with Gasteiger partial charge >= 0.3 is 6.03 Å². The average Bonchev–Trinajstić information content (AvgIpc) is 3.46. The quantitative estimate of drug-likeness (QED) is 0.370. The van der Waals surface area contributed by atoms with E-state index in [0.717, 1.165) is 11.1 Å². The lowest BCUT2D eigenvalue weighted by Crippen LogP contribution is -2.37. The number of nitrogens with zero attached hydrogens (tertiary/aromatic N) is 6. The summed E-state index contributed by atoms with van der Waals surface area (Å²) >= 11 is 0. The largest absolute Gasteiger partial charge is 0.339 e. The van der Waals surface area contributed by atoms with Gasteiger partial charge in [0, 0.05) is 24.2 Å². The number of hydrogen-bond acceptors (Lipinski definition) is 6. The van der Waals surface area contributed by atoms with E-state index in [9.17, 15) is 14.0 Å². The van der Waals surface area contributed by atoms with Gasteiger partial charge in [0.1, 0.15) is 0 Å². The van der Waals surface area contributed by atoms with Gasteiger partial charge in [0.15, 0.2) is 6.80 Å². The predicted octanol–water partition coefficient (Wildman–Crippen LogP) is 6.44. The maximum atomic E-state index is 13.1. The van der Waals surface area contributed by atoms with Crippen molar-refractivity contribution in [1.82, 2.24) is 10.2 Å². The summed E-state index contributed by atoms with van der Waals surface area (Å²) in [5, 5.41) is 17.6. The van der Waals surface area contributed by atoms with Crippen molar-refractivity contribution in [2.24, 2.45) is 20.7 Å². The highest BCUT2D eigenvalue weighted by Crippen LogP contribution is 2.38. The molecule has 0 saturated heterocycles. The van der Waals surface area contributed by atoms with Crippen LogP contribution in [-0.4, -0.2) is 36.7 Å². The number of anilines is 2. The molecular formula is C26H26FN7O2. The molecule has 36 heavy (non-hydrogen) atoms. The van der Waals surface area contributed by atoms with Gasteiger partial charge < -0.3 is 10.2 Å². The fourth-order valence-electron chi connectivity index (χ4n) is 4.01. The van der Waals surface area contributed by atoms with E-state index < -0.39 is 19.0 Å². The van der Waals surface area contributed by atoms with Crippen molar-refractivity contribution in [3.63, 3.8) is 0 Å². The van der Waals surface area contributed by atoms with Crippen molar-refractivity contribution >= 4 is 23.3 Å². The van der Waals surface area contributed by atoms with Gasteiger partial charge in [-0.3, -0.25) is 9.69 Å². The van der Waals surface area contributed by atoms with Crippen LogP contribution in [0.5, 0.6) is 0 Å². The lowest BCUT2D eigenvalue weighted by atomic mass is 9.98. The Morgan fingerprint density at radius 1 is 0.889 bits per heavy atom. The maximum absolute atomic E-state index is 13.1. The number of benzene rings is 3. The van der Waals surface area contributed by atoms with Crippen LogP contribution in [0, 0.1) is 0 Å². The van der Waals surface area contributed by atoms with Gasteiger partial charge in [0.2, 0.25) is 6.17 Å². The standard InChI is InChI=1S/C26H26FN7O2/c1-3-33(4-2)25(35)19-12-10-18(11-13-19)20-14-15-23(22(16-20)24-29-31-32-30-24)34(26(36)28-17-27)21-8-6-5-7-9-21/h5-16,24H,3-4,17H2,1-2H3,(H,28,36). The Labute approximate surface area is 208 Å². The predicted molar refractivity (Wildman–Crippen MR) is 135 cm³/mol. The highest BCUT2D eigenvalue weighted by Gasteiger charge is 2.26. The van der Waals surface area contributed by atoms with Crippen molar-refractivity contribution in [3.8, 4) is 11.1 Å². The molecule has 0 fully saturated rings. The van der Waals surface area contributed by atoms with Crippen molar-refractivity contribution in [3.05, 3.63) is 83.9 Å². The lowest BCUT2D eigenvalue weighted by Gasteiger charge is -2.26. The topological polar surface area (TPSA) is 102 Å². The zero-order valence-electron chi connectivity index (χ0n) is 20.0. The van der Waals surface area contributed by atoms with Crippen molar-refractivity contribution in [2.45, 2.75) is 20.0 Å². The van der Waals surface area contributed by atoms with Crippen molar-refractivity contribution in [1.29, 1.82) is 0 Å². The second-order valence-electron chi connectivity index (χ2n) is 7.90. The van der Waals surface area contributed by atoms with Gasteiger partial charge in [-0.15, -0.1) is 10.2 Å². The Balaban J connectivity index is 1.76. The summed E-state index contributed by atoms with van der Waals surface area (Å²) < 4.78 is 13.1. The van der Waals surface area contributed by atoms with Crippen molar-refractivity contribution < 1.29 is 14.0 Å². The zero-order valence-corrected chi connectivity index (χ0v) is 20.0. The molecule has 0 aromatic heterocycles. The van der Waals surface area contributed by atoms with Gasteiger partial charge in [-0.25, -0.2) is 9.18 Å². The fraction of sp³-hybridized carbons (Fsp3) is 0.231. The molecule has 1 N–H and O–H groups in total. The number of halogens is 1. The van der Waals surface area contributed by atoms with Crippen LogP contribution in [0.25, 0.3) is 11.1 Å². The van der Waals surface area contributed by atoms with E-state index in [2.05, 4.69) is 26.0 Å². The number of carbonyl (C=O) groups excluding carboxylic acids is 2. The highest BCUT2D eigenvalue weighted by atomic mass is 19.1. The number of para-hydroxylation sites is 1. The third kappa shape index (κ3) is 5.12. The van der Waals surface area contributed by atoms with E-state index in [0.29, 0.717) is 35.6 Å². The minimum Gasteiger partial charge on any atom is -0.339 e. The van der Waals surface area contributed by atoms with Crippen molar-refractivity contribution in [2.75, 3.05) is 24.8 Å². The van der Waals surface area contributed by atoms with E-state index in [4.69, 9.17) is 0 Å². The third-order valence-electron chi connectivity index (χ3n) is 5.86. The summed E-state index contributed by atoms with van der Waals surface area (Å²) in [4.78, 5) is 28.7. The molecule has 0 unspecified atom stereocenters. The first kappa shape index (κ1) is 24.6. The van der Waals surface area contributed by atoms with Crippen LogP contribution in [0.15, 0.2) is 93.5 Å². The molecule has 10 heteroatoms. The fourth-order valence-corrected chi connectivity index (χ4v) is 4.01. The maximum Gasteiger partial charge on any atom is 0.328 e. The lowest BCUT2D eigenvalue weighted by molar-refractivity contribution is 0.0773. The Hall–Kier alpha value is -4.47. The summed E-state index contributed by atoms with van der Waals surface area (Å²) in [6.45, 7) is 4.16. The summed E-state index contributed by atoms with van der Waals surface area (Å²) in [5.74, 6) is -0.0215. The number of urea groups is 1. The minimum absolute atomic E-state index is 0.0215. The Kier molecular flexibility index (Phi) is 7.74. The van der Waals surface area contributed by atoms with Crippen LogP contribution in [0.1, 0.15) is 35.9 Å². The molecule has 3 aromatic rings. The Morgan fingerprint density at radius 3 is 2.14 bits per heavy atom. The van der Waals surface area contributed by atoms with E-state index in [1.54, 1.807) is 47.4 Å². The second-order valence-corrected chi connectivity index (χ2v) is 7.90. The SMILES string of the molecule is CCN(CC)C(=O)c1ccc(-c2ccc(N(C(=O)NCF)c3ccccc3)c(C3N=NN=N3)c2)cc1. The normalized spacial score (nSPS) is 12.5. The smallest absolute Gasteiger partial charge is 0.328 e. The number of hydrogen-bond donors (Lipinski definition) is 1. The first-order chi connectivity index (χ1) is 17.6. The molecule has 3 aromatic carbocycles. The molecule has 184 valence electrons. The van der Waals surface area contributed by atoms with Crippen LogP contribution in [0.3, 0.4) is 0 Å². The van der Waals surface area contributed by atoms with Crippen LogP contribution in [0.2, 0.25) is 0 Å². The molecule has 0 radical (unpaired) electrons. The molecule has 1 aliphatic rings. The molecule has 4 rings (SSSR count). The first-order valence-electron chi connectivity index (χ1n) is 11.6. The number of rotatable bonds is 8. The molecule has 9 nitrogen and oxygen atoms in total. The number of alkyl halides is 1. The van der Waals surface area contributed by atoms with E-state index in [1.165, 1.54) is 4.90 Å². The summed E-state index contributed by atoms with van der Waals surface area (Å²) in [7, 11) is 0. The molecule has 0 atom stereocenters. The molecule has 0 saturated carbocycles. The van der Waals surface area contributed by atoms with E-state index in [1.807, 2.05) is 44.2 Å². The summed E-state index contributed by atoms with van der Waals surface area (Å²) in [5.41, 5.74) is 3.88. The van der Waals surface area contributed by atoms with E-state index >= 15 is 0 Å².